The van der Waals surface area contributed by atoms with E-state index >= 15 is 0 Å². The Morgan fingerprint density at radius 1 is 1.39 bits per heavy atom. The van der Waals surface area contributed by atoms with Gasteiger partial charge in [-0.3, -0.25) is 4.79 Å². The zero-order valence-electron chi connectivity index (χ0n) is 12.4. The molecule has 0 bridgehead atoms. The molecule has 124 valence electrons. The van der Waals surface area contributed by atoms with Gasteiger partial charge in [-0.25, -0.2) is 9.97 Å². The summed E-state index contributed by atoms with van der Waals surface area (Å²) in [6, 6.07) is 3.49. The molecule has 6 nitrogen and oxygen atoms in total. The molecule has 0 aliphatic carbocycles. The third-order valence-electron chi connectivity index (χ3n) is 3.01. The van der Waals surface area contributed by atoms with Crippen molar-refractivity contribution in [2.45, 2.75) is 32.5 Å². The number of rotatable bonds is 5. The quantitative estimate of drug-likeness (QED) is 0.877. The molecular formula is C14H15F3N4O2. The van der Waals surface area contributed by atoms with E-state index in [-0.39, 0.29) is 6.04 Å². The molecule has 0 fully saturated rings. The molecule has 2 N–H and O–H groups in total. The van der Waals surface area contributed by atoms with Gasteiger partial charge in [0.2, 0.25) is 0 Å². The number of halogens is 3. The molecule has 23 heavy (non-hydrogen) atoms. The van der Waals surface area contributed by atoms with Crippen LogP contribution in [0.1, 0.15) is 36.6 Å². The fourth-order valence-electron chi connectivity index (χ4n) is 1.61. The number of anilines is 2. The number of alkyl halides is 3. The van der Waals surface area contributed by atoms with Crippen molar-refractivity contribution in [3.63, 3.8) is 0 Å². The number of hydrogen-bond acceptors (Lipinski definition) is 5. The fraction of sp³-hybridized carbons (Fsp3) is 0.357. The van der Waals surface area contributed by atoms with Crippen molar-refractivity contribution in [1.29, 1.82) is 0 Å². The third-order valence-corrected chi connectivity index (χ3v) is 3.01. The lowest BCUT2D eigenvalue weighted by Crippen LogP contribution is -2.15. The molecule has 0 aliphatic rings. The maximum absolute atomic E-state index is 12.4. The summed E-state index contributed by atoms with van der Waals surface area (Å²) in [5, 5.41) is 5.55. The van der Waals surface area contributed by atoms with Crippen LogP contribution in [0.5, 0.6) is 0 Å². The summed E-state index contributed by atoms with van der Waals surface area (Å²) in [4.78, 5) is 19.0. The molecule has 2 aromatic heterocycles. The van der Waals surface area contributed by atoms with E-state index in [0.29, 0.717) is 17.8 Å². The van der Waals surface area contributed by atoms with Crippen LogP contribution in [0, 0.1) is 0 Å². The summed E-state index contributed by atoms with van der Waals surface area (Å²) in [5.41, 5.74) is -0.125. The zero-order valence-corrected chi connectivity index (χ0v) is 12.4. The van der Waals surface area contributed by atoms with Crippen molar-refractivity contribution in [3.8, 4) is 0 Å². The SMILES string of the molecule is CCC(C)Nc1ccc(NC(=O)c2coc(C(F)(F)F)n2)cn1. The predicted octanol–water partition coefficient (Wildman–Crippen LogP) is 3.55. The van der Waals surface area contributed by atoms with Gasteiger partial charge in [-0.15, -0.1) is 0 Å². The lowest BCUT2D eigenvalue weighted by molar-refractivity contribution is -0.157. The maximum atomic E-state index is 12.4. The minimum atomic E-state index is -4.73. The van der Waals surface area contributed by atoms with E-state index < -0.39 is 23.7 Å². The first-order valence-corrected chi connectivity index (χ1v) is 6.86. The van der Waals surface area contributed by atoms with Crippen LogP contribution >= 0.6 is 0 Å². The van der Waals surface area contributed by atoms with Gasteiger partial charge in [-0.2, -0.15) is 13.2 Å². The van der Waals surface area contributed by atoms with E-state index in [1.807, 2.05) is 13.8 Å². The summed E-state index contributed by atoms with van der Waals surface area (Å²) >= 11 is 0. The summed E-state index contributed by atoms with van der Waals surface area (Å²) in [5.74, 6) is -1.64. The first-order valence-electron chi connectivity index (χ1n) is 6.86. The van der Waals surface area contributed by atoms with Gasteiger partial charge in [0.15, 0.2) is 5.69 Å². The Hall–Kier alpha value is -2.58. The van der Waals surface area contributed by atoms with Crippen molar-refractivity contribution in [2.75, 3.05) is 10.6 Å². The summed E-state index contributed by atoms with van der Waals surface area (Å²) < 4.78 is 41.3. The van der Waals surface area contributed by atoms with Crippen LogP contribution in [0.4, 0.5) is 24.7 Å². The van der Waals surface area contributed by atoms with Crippen LogP contribution in [0.3, 0.4) is 0 Å². The number of aromatic nitrogens is 2. The molecule has 0 spiro atoms. The Balaban J connectivity index is 2.01. The average Bonchev–Trinajstić information content (AvgIpc) is 2.99. The number of oxazole rings is 1. The molecule has 0 radical (unpaired) electrons. The Morgan fingerprint density at radius 2 is 2.13 bits per heavy atom. The van der Waals surface area contributed by atoms with Gasteiger partial charge in [-0.1, -0.05) is 6.92 Å². The van der Waals surface area contributed by atoms with E-state index in [0.717, 1.165) is 6.42 Å². The van der Waals surface area contributed by atoms with Gasteiger partial charge in [0.1, 0.15) is 12.1 Å². The number of nitrogens with one attached hydrogen (secondary N) is 2. The van der Waals surface area contributed by atoms with Gasteiger partial charge < -0.3 is 15.1 Å². The Kier molecular flexibility index (Phi) is 4.87. The van der Waals surface area contributed by atoms with Crippen molar-refractivity contribution in [1.82, 2.24) is 9.97 Å². The second-order valence-electron chi connectivity index (χ2n) is 4.88. The highest BCUT2D eigenvalue weighted by molar-refractivity contribution is 6.02. The number of nitrogens with zero attached hydrogens (tertiary/aromatic N) is 2. The molecule has 1 atom stereocenters. The lowest BCUT2D eigenvalue weighted by atomic mass is 10.2. The van der Waals surface area contributed by atoms with E-state index in [1.165, 1.54) is 6.20 Å². The minimum Gasteiger partial charge on any atom is -0.441 e. The van der Waals surface area contributed by atoms with Crippen LogP contribution in [0.2, 0.25) is 0 Å². The molecule has 1 amide bonds. The van der Waals surface area contributed by atoms with Crippen molar-refractivity contribution in [2.24, 2.45) is 0 Å². The molecule has 0 saturated heterocycles. The first kappa shape index (κ1) is 16.8. The standard InChI is InChI=1S/C14H15F3N4O2/c1-3-8(2)19-11-5-4-9(6-18-11)20-12(22)10-7-23-13(21-10)14(15,16)17/h4-8H,3H2,1-2H3,(H,18,19)(H,20,22). The van der Waals surface area contributed by atoms with E-state index in [9.17, 15) is 18.0 Å². The fourth-order valence-corrected chi connectivity index (χ4v) is 1.61. The van der Waals surface area contributed by atoms with Crippen LogP contribution in [0.25, 0.3) is 0 Å². The molecular weight excluding hydrogens is 313 g/mol. The van der Waals surface area contributed by atoms with Crippen LogP contribution in [0.15, 0.2) is 29.0 Å². The van der Waals surface area contributed by atoms with E-state index in [2.05, 4.69) is 25.0 Å². The van der Waals surface area contributed by atoms with Crippen molar-refractivity contribution < 1.29 is 22.4 Å². The highest BCUT2D eigenvalue weighted by Gasteiger charge is 2.37. The average molecular weight is 328 g/mol. The number of hydrogen-bond donors (Lipinski definition) is 2. The molecule has 2 rings (SSSR count). The van der Waals surface area contributed by atoms with E-state index in [4.69, 9.17) is 0 Å². The monoisotopic (exact) mass is 328 g/mol. The largest absolute Gasteiger partial charge is 0.468 e. The number of pyridine rings is 1. The van der Waals surface area contributed by atoms with Crippen LogP contribution < -0.4 is 10.6 Å². The summed E-state index contributed by atoms with van der Waals surface area (Å²) in [7, 11) is 0. The topological polar surface area (TPSA) is 80.0 Å². The molecule has 0 aliphatic heterocycles. The normalized spacial score (nSPS) is 12.7. The van der Waals surface area contributed by atoms with Gasteiger partial charge in [0.05, 0.1) is 11.9 Å². The molecule has 2 aromatic rings. The smallest absolute Gasteiger partial charge is 0.441 e. The Morgan fingerprint density at radius 3 is 2.65 bits per heavy atom. The van der Waals surface area contributed by atoms with Gasteiger partial charge in [0, 0.05) is 6.04 Å². The van der Waals surface area contributed by atoms with Crippen molar-refractivity contribution >= 4 is 17.4 Å². The Labute approximate surface area is 130 Å². The third kappa shape index (κ3) is 4.44. The molecule has 2 heterocycles. The Bertz CT molecular complexity index is 667. The molecule has 9 heteroatoms. The highest BCUT2D eigenvalue weighted by Crippen LogP contribution is 2.28. The molecule has 1 unspecified atom stereocenters. The van der Waals surface area contributed by atoms with Crippen molar-refractivity contribution in [3.05, 3.63) is 36.2 Å². The summed E-state index contributed by atoms with van der Waals surface area (Å²) in [6.07, 6.45) is -1.75. The number of carbonyl (C=O) groups is 1. The second-order valence-corrected chi connectivity index (χ2v) is 4.88. The van der Waals surface area contributed by atoms with Gasteiger partial charge >= 0.3 is 12.1 Å². The van der Waals surface area contributed by atoms with Gasteiger partial charge in [-0.05, 0) is 25.5 Å². The first-order chi connectivity index (χ1) is 10.8. The molecule has 0 aromatic carbocycles. The number of carbonyl (C=O) groups excluding carboxylic acids is 1. The second kappa shape index (κ2) is 6.67. The van der Waals surface area contributed by atoms with Crippen LogP contribution in [-0.2, 0) is 6.18 Å². The lowest BCUT2D eigenvalue weighted by Gasteiger charge is -2.12. The number of amides is 1. The highest BCUT2D eigenvalue weighted by atomic mass is 19.4. The van der Waals surface area contributed by atoms with Crippen LogP contribution in [-0.4, -0.2) is 21.9 Å². The minimum absolute atomic E-state index is 0.249. The molecule has 0 saturated carbocycles. The van der Waals surface area contributed by atoms with Gasteiger partial charge in [0.25, 0.3) is 5.91 Å². The predicted molar refractivity (Wildman–Crippen MR) is 77.1 cm³/mol. The van der Waals surface area contributed by atoms with E-state index in [1.54, 1.807) is 12.1 Å². The summed E-state index contributed by atoms with van der Waals surface area (Å²) in [6.45, 7) is 4.03. The maximum Gasteiger partial charge on any atom is 0.468 e. The zero-order chi connectivity index (χ0) is 17.0.